The molecule has 1 aromatic rings. The summed E-state index contributed by atoms with van der Waals surface area (Å²) in [7, 11) is 3.68. The number of methoxy groups -OCH3 is 1. The minimum atomic E-state index is 0. The van der Waals surface area contributed by atoms with Gasteiger partial charge in [-0.2, -0.15) is 0 Å². The average molecular weight is 486 g/mol. The normalized spacial score (nSPS) is 21.5. The molecule has 0 radical (unpaired) electrons. The summed E-state index contributed by atoms with van der Waals surface area (Å²) in [5.41, 5.74) is 3.01. The lowest BCUT2D eigenvalue weighted by atomic mass is 9.98. The first kappa shape index (κ1) is 22.4. The number of hydrogen-bond donors (Lipinski definition) is 1. The van der Waals surface area contributed by atoms with Crippen LogP contribution in [0, 0.1) is 5.92 Å². The number of likely N-dealkylation sites (tertiary alicyclic amines) is 1. The minimum absolute atomic E-state index is 0. The van der Waals surface area contributed by atoms with Crippen molar-refractivity contribution in [1.29, 1.82) is 0 Å². The van der Waals surface area contributed by atoms with Gasteiger partial charge >= 0.3 is 0 Å². The first-order valence-corrected chi connectivity index (χ1v) is 10.0. The number of halogens is 1. The summed E-state index contributed by atoms with van der Waals surface area (Å²) in [6.07, 6.45) is 3.50. The lowest BCUT2D eigenvalue weighted by Crippen LogP contribution is -2.49. The van der Waals surface area contributed by atoms with Gasteiger partial charge in [0.2, 0.25) is 0 Å². The summed E-state index contributed by atoms with van der Waals surface area (Å²) in [4.78, 5) is 9.53. The molecule has 1 saturated heterocycles. The molecule has 2 unspecified atom stereocenters. The maximum absolute atomic E-state index is 5.32. The summed E-state index contributed by atoms with van der Waals surface area (Å²) in [5, 5.41) is 3.64. The molecule has 0 saturated carbocycles. The highest BCUT2D eigenvalue weighted by Gasteiger charge is 2.26. The van der Waals surface area contributed by atoms with Crippen LogP contribution in [0.3, 0.4) is 0 Å². The molecule has 0 spiro atoms. The van der Waals surface area contributed by atoms with Gasteiger partial charge in [0, 0.05) is 58.8 Å². The van der Waals surface area contributed by atoms with E-state index in [2.05, 4.69) is 51.3 Å². The van der Waals surface area contributed by atoms with Crippen LogP contribution in [0.2, 0.25) is 0 Å². The van der Waals surface area contributed by atoms with E-state index in [1.807, 2.05) is 7.05 Å². The molecule has 0 aromatic heterocycles. The zero-order chi connectivity index (χ0) is 18.4. The van der Waals surface area contributed by atoms with Crippen LogP contribution in [0.15, 0.2) is 29.3 Å². The number of fused-ring (bicyclic) bond motifs is 1. The summed E-state index contributed by atoms with van der Waals surface area (Å²) in [6.45, 7) is 8.42. The largest absolute Gasteiger partial charge is 0.384 e. The van der Waals surface area contributed by atoms with Crippen LogP contribution < -0.4 is 5.32 Å². The summed E-state index contributed by atoms with van der Waals surface area (Å²) in [5.74, 6) is 1.67. The highest BCUT2D eigenvalue weighted by atomic mass is 127. The topological polar surface area (TPSA) is 40.1 Å². The molecule has 6 heteroatoms. The van der Waals surface area contributed by atoms with Crippen molar-refractivity contribution < 1.29 is 4.74 Å². The number of ether oxygens (including phenoxy) is 1. The fraction of sp³-hybridized carbons (Fsp3) is 0.667. The Morgan fingerprint density at radius 1 is 1.30 bits per heavy atom. The molecule has 5 nitrogen and oxygen atoms in total. The van der Waals surface area contributed by atoms with Gasteiger partial charge in [0.05, 0.1) is 6.61 Å². The standard InChI is InChI=1S/C21H34N4O.HI/c1-4-20(24-12-10-18-7-5-6-8-19(18)15-24)13-23-21(22-2)25-11-9-17(14-25)16-26-3;/h5-8,17,20H,4,9-16H2,1-3H3,(H,22,23);1H. The molecular formula is C21H35IN4O. The van der Waals surface area contributed by atoms with E-state index < -0.39 is 0 Å². The molecule has 0 amide bonds. The van der Waals surface area contributed by atoms with Gasteiger partial charge in [0.1, 0.15) is 0 Å². The van der Waals surface area contributed by atoms with E-state index >= 15 is 0 Å². The molecule has 27 heavy (non-hydrogen) atoms. The monoisotopic (exact) mass is 486 g/mol. The molecule has 2 aliphatic heterocycles. The summed E-state index contributed by atoms with van der Waals surface area (Å²) < 4.78 is 5.32. The van der Waals surface area contributed by atoms with E-state index in [0.29, 0.717) is 12.0 Å². The van der Waals surface area contributed by atoms with Gasteiger partial charge in [-0.05, 0) is 30.4 Å². The lowest BCUT2D eigenvalue weighted by molar-refractivity contribution is 0.157. The molecule has 152 valence electrons. The third-order valence-electron chi connectivity index (χ3n) is 5.84. The Labute approximate surface area is 181 Å². The Morgan fingerprint density at radius 3 is 2.78 bits per heavy atom. The van der Waals surface area contributed by atoms with Crippen LogP contribution in [0.5, 0.6) is 0 Å². The van der Waals surface area contributed by atoms with Gasteiger partial charge in [-0.1, -0.05) is 31.2 Å². The van der Waals surface area contributed by atoms with E-state index in [1.165, 1.54) is 17.5 Å². The Bertz CT molecular complexity index is 610. The van der Waals surface area contributed by atoms with Crippen LogP contribution >= 0.6 is 24.0 Å². The second-order valence-electron chi connectivity index (χ2n) is 7.54. The van der Waals surface area contributed by atoms with Crippen LogP contribution in [-0.4, -0.2) is 68.7 Å². The molecule has 1 fully saturated rings. The van der Waals surface area contributed by atoms with Crippen molar-refractivity contribution >= 4 is 29.9 Å². The van der Waals surface area contributed by atoms with Gasteiger partial charge in [-0.25, -0.2) is 0 Å². The van der Waals surface area contributed by atoms with E-state index in [0.717, 1.165) is 58.1 Å². The molecule has 3 rings (SSSR count). The van der Waals surface area contributed by atoms with Gasteiger partial charge < -0.3 is 15.0 Å². The smallest absolute Gasteiger partial charge is 0.193 e. The first-order chi connectivity index (χ1) is 12.7. The van der Waals surface area contributed by atoms with E-state index in [-0.39, 0.29) is 24.0 Å². The quantitative estimate of drug-likeness (QED) is 0.382. The van der Waals surface area contributed by atoms with Crippen LogP contribution in [0.1, 0.15) is 30.9 Å². The first-order valence-electron chi connectivity index (χ1n) is 10.0. The van der Waals surface area contributed by atoms with Gasteiger partial charge in [-0.3, -0.25) is 9.89 Å². The second-order valence-corrected chi connectivity index (χ2v) is 7.54. The third kappa shape index (κ3) is 5.81. The van der Waals surface area contributed by atoms with E-state index in [1.54, 1.807) is 7.11 Å². The number of aliphatic imine (C=N–C) groups is 1. The van der Waals surface area contributed by atoms with Crippen LogP contribution in [0.25, 0.3) is 0 Å². The van der Waals surface area contributed by atoms with Crippen molar-refractivity contribution in [3.05, 3.63) is 35.4 Å². The zero-order valence-electron chi connectivity index (χ0n) is 17.0. The van der Waals surface area contributed by atoms with Crippen molar-refractivity contribution in [1.82, 2.24) is 15.1 Å². The average Bonchev–Trinajstić information content (AvgIpc) is 3.14. The fourth-order valence-electron chi connectivity index (χ4n) is 4.30. The van der Waals surface area contributed by atoms with Gasteiger partial charge in [0.25, 0.3) is 0 Å². The van der Waals surface area contributed by atoms with Crippen molar-refractivity contribution in [3.8, 4) is 0 Å². The molecule has 2 heterocycles. The molecule has 2 aliphatic rings. The number of rotatable bonds is 6. The van der Waals surface area contributed by atoms with Crippen molar-refractivity contribution in [2.75, 3.05) is 46.9 Å². The van der Waals surface area contributed by atoms with E-state index in [9.17, 15) is 0 Å². The second kappa shape index (κ2) is 11.2. The van der Waals surface area contributed by atoms with Crippen LogP contribution in [-0.2, 0) is 17.7 Å². The van der Waals surface area contributed by atoms with Gasteiger partial charge in [-0.15, -0.1) is 24.0 Å². The van der Waals surface area contributed by atoms with Gasteiger partial charge in [0.15, 0.2) is 5.96 Å². The lowest BCUT2D eigenvalue weighted by Gasteiger charge is -2.36. The van der Waals surface area contributed by atoms with Crippen molar-refractivity contribution in [3.63, 3.8) is 0 Å². The fourth-order valence-corrected chi connectivity index (χ4v) is 4.30. The number of hydrogen-bond acceptors (Lipinski definition) is 3. The van der Waals surface area contributed by atoms with E-state index in [4.69, 9.17) is 4.74 Å². The molecule has 2 atom stereocenters. The number of benzene rings is 1. The van der Waals surface area contributed by atoms with Crippen molar-refractivity contribution in [2.45, 2.75) is 38.8 Å². The van der Waals surface area contributed by atoms with Crippen molar-refractivity contribution in [2.24, 2.45) is 10.9 Å². The minimum Gasteiger partial charge on any atom is -0.384 e. The van der Waals surface area contributed by atoms with Crippen LogP contribution in [0.4, 0.5) is 0 Å². The maximum Gasteiger partial charge on any atom is 0.193 e. The Morgan fingerprint density at radius 2 is 2.07 bits per heavy atom. The maximum atomic E-state index is 5.32. The number of guanidine groups is 1. The third-order valence-corrected chi connectivity index (χ3v) is 5.84. The summed E-state index contributed by atoms with van der Waals surface area (Å²) in [6, 6.07) is 9.41. The molecule has 1 aromatic carbocycles. The Hall–Kier alpha value is -0.860. The molecule has 1 N–H and O–H groups in total. The summed E-state index contributed by atoms with van der Waals surface area (Å²) >= 11 is 0. The number of nitrogens with zero attached hydrogens (tertiary/aromatic N) is 3. The zero-order valence-corrected chi connectivity index (χ0v) is 19.3. The highest BCUT2D eigenvalue weighted by molar-refractivity contribution is 14.0. The Balaban J connectivity index is 0.00000261. The predicted molar refractivity (Wildman–Crippen MR) is 123 cm³/mol. The SMILES string of the molecule is CCC(CNC(=NC)N1CCC(COC)C1)N1CCc2ccccc2C1.I. The molecule has 0 bridgehead atoms. The molecule has 0 aliphatic carbocycles. The highest BCUT2D eigenvalue weighted by Crippen LogP contribution is 2.21. The Kier molecular flexibility index (Phi) is 9.32. The number of nitrogens with one attached hydrogen (secondary N) is 1. The predicted octanol–water partition coefficient (Wildman–Crippen LogP) is 2.99. The molecular weight excluding hydrogens is 451 g/mol.